The predicted octanol–water partition coefficient (Wildman–Crippen LogP) is 11.5. The second kappa shape index (κ2) is 10.1. The molecule has 0 radical (unpaired) electrons. The SMILES string of the molecule is c1ccc(-n2nc3ccc4ccc5ccc(-c6ccc(-c7ccc8c9ccccc9c9ccccc9c8c7)cc6)cc5c4c3n2)cc1. The normalized spacial score (nSPS) is 11.8. The lowest BCUT2D eigenvalue weighted by molar-refractivity contribution is 0.766. The average Bonchev–Trinajstić information content (AvgIpc) is 3.60. The van der Waals surface area contributed by atoms with Crippen molar-refractivity contribution in [2.45, 2.75) is 0 Å². The van der Waals surface area contributed by atoms with E-state index in [2.05, 4.69) is 133 Å². The van der Waals surface area contributed by atoms with Crippen LogP contribution in [0.3, 0.4) is 0 Å². The van der Waals surface area contributed by atoms with E-state index in [1.165, 1.54) is 65.3 Å². The Morgan fingerprint density at radius 2 is 0.830 bits per heavy atom. The summed E-state index contributed by atoms with van der Waals surface area (Å²) >= 11 is 0. The van der Waals surface area contributed by atoms with Gasteiger partial charge in [0.25, 0.3) is 0 Å². The van der Waals surface area contributed by atoms with Crippen LogP contribution in [0.2, 0.25) is 0 Å². The Labute approximate surface area is 270 Å². The smallest absolute Gasteiger partial charge is 0.122 e. The van der Waals surface area contributed by atoms with Gasteiger partial charge in [0, 0.05) is 5.39 Å². The zero-order valence-corrected chi connectivity index (χ0v) is 25.4. The molecule has 218 valence electrons. The van der Waals surface area contributed by atoms with Crippen molar-refractivity contribution in [3.63, 3.8) is 0 Å². The molecule has 0 spiro atoms. The topological polar surface area (TPSA) is 30.7 Å². The molecule has 0 aliphatic rings. The molecule has 0 bridgehead atoms. The van der Waals surface area contributed by atoms with Crippen LogP contribution in [0.4, 0.5) is 0 Å². The van der Waals surface area contributed by atoms with E-state index in [1.807, 2.05) is 30.3 Å². The second-order valence-corrected chi connectivity index (χ2v) is 12.3. The highest BCUT2D eigenvalue weighted by Crippen LogP contribution is 2.38. The highest BCUT2D eigenvalue weighted by molar-refractivity contribution is 6.25. The van der Waals surface area contributed by atoms with E-state index in [1.54, 1.807) is 4.80 Å². The number of rotatable bonds is 3. The molecule has 9 aromatic carbocycles. The summed E-state index contributed by atoms with van der Waals surface area (Å²) in [5.74, 6) is 0. The van der Waals surface area contributed by atoms with Gasteiger partial charge in [-0.3, -0.25) is 0 Å². The molecule has 1 heterocycles. The summed E-state index contributed by atoms with van der Waals surface area (Å²) in [6.45, 7) is 0. The second-order valence-electron chi connectivity index (χ2n) is 12.3. The zero-order chi connectivity index (χ0) is 30.9. The van der Waals surface area contributed by atoms with Gasteiger partial charge in [-0.1, -0.05) is 133 Å². The fourth-order valence-electron chi connectivity index (χ4n) is 7.32. The first kappa shape index (κ1) is 26.0. The standard InChI is InChI=1S/C44H27N3/c1-2-8-34(9-3-1)47-45-42-25-23-31-20-18-30-19-21-32(26-40(30)43(31)44(42)46-47)28-14-16-29(17-15-28)33-22-24-39-37-12-5-4-10-35(37)36-11-6-7-13-38(36)41(39)27-33/h1-27H. The molecule has 0 N–H and O–H groups in total. The molecule has 10 aromatic rings. The van der Waals surface area contributed by atoms with Crippen LogP contribution in [0, 0.1) is 0 Å². The van der Waals surface area contributed by atoms with Crippen molar-refractivity contribution in [2.75, 3.05) is 0 Å². The van der Waals surface area contributed by atoms with E-state index in [-0.39, 0.29) is 0 Å². The van der Waals surface area contributed by atoms with Gasteiger partial charge in [-0.05, 0) is 101 Å². The van der Waals surface area contributed by atoms with Gasteiger partial charge in [-0.25, -0.2) is 0 Å². The van der Waals surface area contributed by atoms with Gasteiger partial charge < -0.3 is 0 Å². The maximum Gasteiger partial charge on any atom is 0.122 e. The monoisotopic (exact) mass is 597 g/mol. The van der Waals surface area contributed by atoms with Crippen LogP contribution >= 0.6 is 0 Å². The molecule has 0 saturated heterocycles. The molecular weight excluding hydrogens is 571 g/mol. The van der Waals surface area contributed by atoms with Crippen LogP contribution in [0.1, 0.15) is 0 Å². The molecule has 0 amide bonds. The molecule has 0 atom stereocenters. The zero-order valence-electron chi connectivity index (χ0n) is 25.4. The first-order chi connectivity index (χ1) is 23.3. The first-order valence-corrected chi connectivity index (χ1v) is 16.0. The summed E-state index contributed by atoms with van der Waals surface area (Å²) in [6, 6.07) is 58.8. The number of nitrogens with zero attached hydrogens (tertiary/aromatic N) is 3. The fraction of sp³-hybridized carbons (Fsp3) is 0. The van der Waals surface area contributed by atoms with Crippen molar-refractivity contribution in [3.8, 4) is 27.9 Å². The molecule has 3 nitrogen and oxygen atoms in total. The van der Waals surface area contributed by atoms with E-state index in [0.717, 1.165) is 27.5 Å². The molecule has 0 aliphatic heterocycles. The van der Waals surface area contributed by atoms with E-state index in [4.69, 9.17) is 10.2 Å². The molecule has 1 aromatic heterocycles. The maximum absolute atomic E-state index is 4.97. The van der Waals surface area contributed by atoms with Crippen molar-refractivity contribution in [1.29, 1.82) is 0 Å². The minimum Gasteiger partial charge on any atom is -0.150 e. The van der Waals surface area contributed by atoms with Crippen LogP contribution in [-0.4, -0.2) is 15.0 Å². The molecule has 0 fully saturated rings. The quantitative estimate of drug-likeness (QED) is 0.190. The highest BCUT2D eigenvalue weighted by atomic mass is 15.5. The number of fused-ring (bicyclic) bond motifs is 11. The van der Waals surface area contributed by atoms with Gasteiger partial charge in [-0.15, -0.1) is 10.2 Å². The molecule has 0 saturated carbocycles. The van der Waals surface area contributed by atoms with Gasteiger partial charge in [0.15, 0.2) is 0 Å². The Morgan fingerprint density at radius 3 is 1.51 bits per heavy atom. The van der Waals surface area contributed by atoms with E-state index in [9.17, 15) is 0 Å². The average molecular weight is 598 g/mol. The van der Waals surface area contributed by atoms with Crippen LogP contribution in [0.5, 0.6) is 0 Å². The highest BCUT2D eigenvalue weighted by Gasteiger charge is 2.13. The van der Waals surface area contributed by atoms with E-state index in [0.29, 0.717) is 0 Å². The molecular formula is C44H27N3. The van der Waals surface area contributed by atoms with Crippen molar-refractivity contribution >= 4 is 64.9 Å². The lowest BCUT2D eigenvalue weighted by Gasteiger charge is -2.12. The summed E-state index contributed by atoms with van der Waals surface area (Å²) in [5.41, 5.74) is 7.55. The Hall–Kier alpha value is -6.32. The Morgan fingerprint density at radius 1 is 0.340 bits per heavy atom. The Balaban J connectivity index is 1.08. The van der Waals surface area contributed by atoms with E-state index < -0.39 is 0 Å². The maximum atomic E-state index is 4.97. The Kier molecular flexibility index (Phi) is 5.57. The molecule has 10 rings (SSSR count). The summed E-state index contributed by atoms with van der Waals surface area (Å²) in [4.78, 5) is 1.74. The minimum absolute atomic E-state index is 0.889. The van der Waals surface area contributed by atoms with Crippen molar-refractivity contribution < 1.29 is 0 Å². The molecule has 47 heavy (non-hydrogen) atoms. The summed E-state index contributed by atoms with van der Waals surface area (Å²) in [6.07, 6.45) is 0. The number of para-hydroxylation sites is 1. The van der Waals surface area contributed by atoms with Gasteiger partial charge in [0.2, 0.25) is 0 Å². The lowest BCUT2D eigenvalue weighted by Crippen LogP contribution is -1.97. The number of hydrogen-bond donors (Lipinski definition) is 0. The third-order valence-corrected chi connectivity index (χ3v) is 9.63. The Bertz CT molecular complexity index is 2790. The number of benzene rings is 9. The third-order valence-electron chi connectivity index (χ3n) is 9.63. The van der Waals surface area contributed by atoms with Crippen LogP contribution in [-0.2, 0) is 0 Å². The lowest BCUT2D eigenvalue weighted by atomic mass is 9.91. The molecule has 3 heteroatoms. The van der Waals surface area contributed by atoms with Gasteiger partial charge in [0.1, 0.15) is 11.0 Å². The fourth-order valence-corrected chi connectivity index (χ4v) is 7.32. The first-order valence-electron chi connectivity index (χ1n) is 16.0. The van der Waals surface area contributed by atoms with Crippen molar-refractivity contribution in [3.05, 3.63) is 164 Å². The van der Waals surface area contributed by atoms with Gasteiger partial charge in [0.05, 0.1) is 5.69 Å². The number of hydrogen-bond acceptors (Lipinski definition) is 2. The predicted molar refractivity (Wildman–Crippen MR) is 197 cm³/mol. The summed E-state index contributed by atoms with van der Waals surface area (Å²) in [7, 11) is 0. The van der Waals surface area contributed by atoms with Crippen molar-refractivity contribution in [1.82, 2.24) is 15.0 Å². The summed E-state index contributed by atoms with van der Waals surface area (Å²) in [5, 5.41) is 22.2. The van der Waals surface area contributed by atoms with Crippen LogP contribution in [0.25, 0.3) is 92.8 Å². The van der Waals surface area contributed by atoms with Crippen molar-refractivity contribution in [2.24, 2.45) is 0 Å². The summed E-state index contributed by atoms with van der Waals surface area (Å²) < 4.78 is 0. The minimum atomic E-state index is 0.889. The number of aromatic nitrogens is 3. The largest absolute Gasteiger partial charge is 0.150 e. The molecule has 0 aliphatic carbocycles. The van der Waals surface area contributed by atoms with Crippen LogP contribution < -0.4 is 0 Å². The van der Waals surface area contributed by atoms with E-state index >= 15 is 0 Å². The third kappa shape index (κ3) is 4.07. The van der Waals surface area contributed by atoms with Crippen LogP contribution in [0.15, 0.2) is 164 Å². The van der Waals surface area contributed by atoms with Gasteiger partial charge >= 0.3 is 0 Å². The molecule has 0 unspecified atom stereocenters. The van der Waals surface area contributed by atoms with Gasteiger partial charge in [-0.2, -0.15) is 4.80 Å².